The second-order valence-corrected chi connectivity index (χ2v) is 5.30. The van der Waals surface area contributed by atoms with Crippen LogP contribution in [0.15, 0.2) is 18.2 Å². The number of hydrogen-bond donors (Lipinski definition) is 2. The van der Waals surface area contributed by atoms with E-state index in [0.29, 0.717) is 37.8 Å². The highest BCUT2D eigenvalue weighted by molar-refractivity contribution is 5.98. The molecule has 0 atom stereocenters. The average molecular weight is 362 g/mol. The molecule has 1 amide bonds. The first-order valence-electron chi connectivity index (χ1n) is 7.48. The molecule has 0 aliphatic carbocycles. The van der Waals surface area contributed by atoms with Gasteiger partial charge in [-0.3, -0.25) is 19.7 Å². The van der Waals surface area contributed by atoms with Crippen LogP contribution in [0.2, 0.25) is 0 Å². The van der Waals surface area contributed by atoms with Gasteiger partial charge >= 0.3 is 12.1 Å². The normalized spacial score (nSPS) is 11.2. The molecule has 10 heteroatoms. The van der Waals surface area contributed by atoms with Crippen molar-refractivity contribution in [1.82, 2.24) is 5.32 Å². The van der Waals surface area contributed by atoms with Gasteiger partial charge in [-0.2, -0.15) is 13.2 Å². The van der Waals surface area contributed by atoms with Crippen molar-refractivity contribution in [2.24, 2.45) is 0 Å². The van der Waals surface area contributed by atoms with Crippen LogP contribution >= 0.6 is 0 Å². The fraction of sp³-hybridized carbons (Fsp3) is 0.467. The Bertz CT molecular complexity index is 647. The molecule has 1 rings (SSSR count). The molecule has 0 radical (unpaired) electrons. The van der Waals surface area contributed by atoms with Gasteiger partial charge in [-0.25, -0.2) is 0 Å². The minimum atomic E-state index is -4.74. The van der Waals surface area contributed by atoms with E-state index in [0.717, 1.165) is 6.07 Å². The minimum absolute atomic E-state index is 0.0596. The van der Waals surface area contributed by atoms with Crippen molar-refractivity contribution in [2.45, 2.75) is 38.3 Å². The Morgan fingerprint density at radius 3 is 2.36 bits per heavy atom. The Morgan fingerprint density at radius 2 is 1.80 bits per heavy atom. The highest BCUT2D eigenvalue weighted by Crippen LogP contribution is 2.32. The van der Waals surface area contributed by atoms with E-state index in [1.807, 2.05) is 0 Å². The Labute approximate surface area is 141 Å². The van der Waals surface area contributed by atoms with Crippen molar-refractivity contribution in [2.75, 3.05) is 6.54 Å². The number of benzene rings is 1. The van der Waals surface area contributed by atoms with Crippen molar-refractivity contribution in [3.8, 4) is 0 Å². The number of carbonyl (C=O) groups is 2. The molecule has 0 aliphatic rings. The Morgan fingerprint density at radius 1 is 1.16 bits per heavy atom. The third kappa shape index (κ3) is 6.77. The summed E-state index contributed by atoms with van der Waals surface area (Å²) in [5, 5.41) is 21.8. The molecule has 0 saturated carbocycles. The zero-order valence-electron chi connectivity index (χ0n) is 13.1. The molecule has 0 heterocycles. The van der Waals surface area contributed by atoms with E-state index < -0.39 is 39.8 Å². The van der Waals surface area contributed by atoms with Crippen LogP contribution in [0, 0.1) is 10.1 Å². The molecule has 0 aliphatic heterocycles. The van der Waals surface area contributed by atoms with Gasteiger partial charge in [0.15, 0.2) is 0 Å². The zero-order chi connectivity index (χ0) is 19.0. The summed E-state index contributed by atoms with van der Waals surface area (Å²) in [5.74, 6) is -1.71. The summed E-state index contributed by atoms with van der Waals surface area (Å²) in [4.78, 5) is 32.1. The van der Waals surface area contributed by atoms with Crippen molar-refractivity contribution in [1.29, 1.82) is 0 Å². The van der Waals surface area contributed by atoms with E-state index in [-0.39, 0.29) is 13.0 Å². The maximum atomic E-state index is 12.6. The summed E-state index contributed by atoms with van der Waals surface area (Å²) in [6.45, 7) is 0.185. The summed E-state index contributed by atoms with van der Waals surface area (Å²) in [5.41, 5.74) is -2.55. The van der Waals surface area contributed by atoms with Gasteiger partial charge in [0.25, 0.3) is 11.6 Å². The SMILES string of the molecule is O=C(O)CCCCCCNC(=O)c1ccc(C(F)(F)F)cc1[N+](=O)[O-]. The van der Waals surface area contributed by atoms with Crippen molar-refractivity contribution >= 4 is 17.6 Å². The predicted octanol–water partition coefficient (Wildman–Crippen LogP) is 3.38. The van der Waals surface area contributed by atoms with E-state index in [1.54, 1.807) is 0 Å². The van der Waals surface area contributed by atoms with Crippen LogP contribution in [0.3, 0.4) is 0 Å². The quantitative estimate of drug-likeness (QED) is 0.398. The molecule has 7 nitrogen and oxygen atoms in total. The Kier molecular flexibility index (Phi) is 7.34. The number of nitro groups is 1. The number of nitrogens with one attached hydrogen (secondary N) is 1. The maximum Gasteiger partial charge on any atom is 0.416 e. The number of nitrogens with zero attached hydrogens (tertiary/aromatic N) is 1. The monoisotopic (exact) mass is 362 g/mol. The number of hydrogen-bond acceptors (Lipinski definition) is 4. The molecule has 25 heavy (non-hydrogen) atoms. The van der Waals surface area contributed by atoms with E-state index in [4.69, 9.17) is 5.11 Å². The molecule has 0 spiro atoms. The molecule has 0 bridgehead atoms. The molecular formula is C15H17F3N2O5. The summed E-state index contributed by atoms with van der Waals surface area (Å²) in [6.07, 6.45) is -2.33. The summed E-state index contributed by atoms with van der Waals surface area (Å²) in [7, 11) is 0. The van der Waals surface area contributed by atoms with Gasteiger partial charge in [0, 0.05) is 19.0 Å². The molecule has 1 aromatic rings. The van der Waals surface area contributed by atoms with E-state index in [1.165, 1.54) is 0 Å². The number of aliphatic carboxylic acids is 1. The third-order valence-electron chi connectivity index (χ3n) is 3.37. The lowest BCUT2D eigenvalue weighted by molar-refractivity contribution is -0.385. The van der Waals surface area contributed by atoms with Gasteiger partial charge in [-0.05, 0) is 25.0 Å². The minimum Gasteiger partial charge on any atom is -0.481 e. The van der Waals surface area contributed by atoms with Crippen LogP contribution in [-0.2, 0) is 11.0 Å². The topological polar surface area (TPSA) is 110 Å². The fourth-order valence-corrected chi connectivity index (χ4v) is 2.10. The first-order chi connectivity index (χ1) is 11.6. The van der Waals surface area contributed by atoms with Gasteiger partial charge in [0.05, 0.1) is 10.5 Å². The lowest BCUT2D eigenvalue weighted by atomic mass is 10.1. The second kappa shape index (κ2) is 9.00. The van der Waals surface area contributed by atoms with Crippen LogP contribution in [0.1, 0.15) is 48.0 Å². The first kappa shape index (κ1) is 20.4. The van der Waals surface area contributed by atoms with Gasteiger partial charge < -0.3 is 10.4 Å². The molecular weight excluding hydrogens is 345 g/mol. The predicted molar refractivity (Wildman–Crippen MR) is 81.2 cm³/mol. The number of amides is 1. The number of carboxylic acids is 1. The van der Waals surface area contributed by atoms with E-state index in [2.05, 4.69) is 5.32 Å². The van der Waals surface area contributed by atoms with Gasteiger partial charge in [0.2, 0.25) is 0 Å². The first-order valence-corrected chi connectivity index (χ1v) is 7.48. The molecule has 0 fully saturated rings. The van der Waals surface area contributed by atoms with Crippen LogP contribution < -0.4 is 5.32 Å². The van der Waals surface area contributed by atoms with Crippen LogP contribution in [0.25, 0.3) is 0 Å². The lowest BCUT2D eigenvalue weighted by Gasteiger charge is -2.09. The largest absolute Gasteiger partial charge is 0.481 e. The third-order valence-corrected chi connectivity index (χ3v) is 3.37. The molecule has 0 unspecified atom stereocenters. The molecule has 0 aromatic heterocycles. The highest BCUT2D eigenvalue weighted by atomic mass is 19.4. The summed E-state index contributed by atoms with van der Waals surface area (Å²) < 4.78 is 37.8. The summed E-state index contributed by atoms with van der Waals surface area (Å²) in [6, 6.07) is 1.73. The molecule has 0 saturated heterocycles. The maximum absolute atomic E-state index is 12.6. The van der Waals surface area contributed by atoms with Crippen LogP contribution in [0.4, 0.5) is 18.9 Å². The summed E-state index contributed by atoms with van der Waals surface area (Å²) >= 11 is 0. The highest BCUT2D eigenvalue weighted by Gasteiger charge is 2.33. The van der Waals surface area contributed by atoms with Crippen molar-refractivity contribution in [3.05, 3.63) is 39.4 Å². The number of unbranched alkanes of at least 4 members (excludes halogenated alkanes) is 3. The van der Waals surface area contributed by atoms with Gasteiger partial charge in [-0.1, -0.05) is 12.8 Å². The van der Waals surface area contributed by atoms with E-state index in [9.17, 15) is 32.9 Å². The van der Waals surface area contributed by atoms with E-state index >= 15 is 0 Å². The van der Waals surface area contributed by atoms with Gasteiger partial charge in [-0.15, -0.1) is 0 Å². The van der Waals surface area contributed by atoms with Crippen molar-refractivity contribution in [3.63, 3.8) is 0 Å². The fourth-order valence-electron chi connectivity index (χ4n) is 2.10. The molecule has 1 aromatic carbocycles. The number of carbonyl (C=O) groups excluding carboxylic acids is 1. The standard InChI is InChI=1S/C15H17F3N2O5/c16-15(17,18)10-6-7-11(12(9-10)20(24)25)14(23)19-8-4-2-1-3-5-13(21)22/h6-7,9H,1-5,8H2,(H,19,23)(H,21,22). The van der Waals surface area contributed by atoms with Crippen LogP contribution in [0.5, 0.6) is 0 Å². The lowest BCUT2D eigenvalue weighted by Crippen LogP contribution is -2.25. The smallest absolute Gasteiger partial charge is 0.416 e. The average Bonchev–Trinajstić information content (AvgIpc) is 2.51. The number of halogens is 3. The molecule has 2 N–H and O–H groups in total. The van der Waals surface area contributed by atoms with Crippen molar-refractivity contribution < 1.29 is 32.8 Å². The number of rotatable bonds is 9. The second-order valence-electron chi connectivity index (χ2n) is 5.30. The number of carboxylic acid groups (broad SMARTS) is 1. The van der Waals surface area contributed by atoms with Crippen LogP contribution in [-0.4, -0.2) is 28.5 Å². The Hall–Kier alpha value is -2.65. The number of nitro benzene ring substituents is 1. The molecule has 138 valence electrons. The zero-order valence-corrected chi connectivity index (χ0v) is 13.1. The number of alkyl halides is 3. The Balaban J connectivity index is 2.60. The van der Waals surface area contributed by atoms with Gasteiger partial charge in [0.1, 0.15) is 5.56 Å².